The number of morpholine rings is 1. The number of ether oxygens (including phenoxy) is 1. The van der Waals surface area contributed by atoms with E-state index in [9.17, 15) is 17.6 Å². The molecule has 1 saturated heterocycles. The van der Waals surface area contributed by atoms with Crippen molar-refractivity contribution in [3.05, 3.63) is 35.6 Å². The molecule has 1 aromatic rings. The van der Waals surface area contributed by atoms with Crippen molar-refractivity contribution in [2.45, 2.75) is 38.4 Å². The number of rotatable bonds is 9. The summed E-state index contributed by atoms with van der Waals surface area (Å²) < 4.78 is 55.5. The Hall–Kier alpha value is -1.14. The number of benzene rings is 1. The second-order valence-electron chi connectivity index (χ2n) is 6.93. The standard InChI is InChI=1S/C20H30F4N4O.HI/c1-2-25-19(26-10-4-3-9-20(22,23)24)27-15-18(28-11-13-29-14-12-28)16-5-7-17(21)8-6-16;/h5-8,18H,2-4,9-15H2,1H3,(H2,25,26,27);1H. The van der Waals surface area contributed by atoms with Crippen LogP contribution in [0.5, 0.6) is 0 Å². The van der Waals surface area contributed by atoms with Crippen LogP contribution in [0.2, 0.25) is 0 Å². The highest BCUT2D eigenvalue weighted by Crippen LogP contribution is 2.23. The first-order valence-corrected chi connectivity index (χ1v) is 10.0. The number of halogens is 5. The van der Waals surface area contributed by atoms with Crippen molar-refractivity contribution in [3.63, 3.8) is 0 Å². The van der Waals surface area contributed by atoms with E-state index in [1.165, 1.54) is 12.1 Å². The number of guanidine groups is 1. The molecule has 0 aromatic heterocycles. The lowest BCUT2D eigenvalue weighted by atomic mass is 10.0. The highest BCUT2D eigenvalue weighted by Gasteiger charge is 2.26. The maximum atomic E-state index is 13.3. The Bertz CT molecular complexity index is 622. The van der Waals surface area contributed by atoms with Crippen LogP contribution in [0.15, 0.2) is 29.3 Å². The van der Waals surface area contributed by atoms with Gasteiger partial charge in [-0.2, -0.15) is 13.2 Å². The third-order valence-electron chi connectivity index (χ3n) is 4.69. The van der Waals surface area contributed by atoms with Crippen molar-refractivity contribution in [3.8, 4) is 0 Å². The van der Waals surface area contributed by atoms with Crippen LogP contribution in [-0.2, 0) is 4.74 Å². The normalized spacial score (nSPS) is 16.6. The van der Waals surface area contributed by atoms with Crippen LogP contribution in [-0.4, -0.2) is 63.0 Å². The first kappa shape index (κ1) is 26.9. The Labute approximate surface area is 192 Å². The summed E-state index contributed by atoms with van der Waals surface area (Å²) in [6.45, 7) is 6.24. The van der Waals surface area contributed by atoms with Gasteiger partial charge < -0.3 is 15.4 Å². The van der Waals surface area contributed by atoms with E-state index in [1.54, 1.807) is 12.1 Å². The Morgan fingerprint density at radius 1 is 1.13 bits per heavy atom. The van der Waals surface area contributed by atoms with Gasteiger partial charge in [0.2, 0.25) is 0 Å². The van der Waals surface area contributed by atoms with Crippen LogP contribution in [0, 0.1) is 5.82 Å². The molecule has 5 nitrogen and oxygen atoms in total. The molecule has 0 saturated carbocycles. The summed E-state index contributed by atoms with van der Waals surface area (Å²) in [6, 6.07) is 6.39. The largest absolute Gasteiger partial charge is 0.389 e. The molecule has 1 atom stereocenters. The lowest BCUT2D eigenvalue weighted by Crippen LogP contribution is -2.42. The minimum Gasteiger partial charge on any atom is -0.379 e. The van der Waals surface area contributed by atoms with Gasteiger partial charge >= 0.3 is 6.18 Å². The smallest absolute Gasteiger partial charge is 0.379 e. The van der Waals surface area contributed by atoms with Crippen molar-refractivity contribution in [1.82, 2.24) is 15.5 Å². The number of unbranched alkanes of at least 4 members (excludes halogenated alkanes) is 1. The molecule has 2 rings (SSSR count). The summed E-state index contributed by atoms with van der Waals surface area (Å²) in [5.41, 5.74) is 0.970. The van der Waals surface area contributed by atoms with Gasteiger partial charge in [-0.15, -0.1) is 24.0 Å². The summed E-state index contributed by atoms with van der Waals surface area (Å²) >= 11 is 0. The zero-order valence-electron chi connectivity index (χ0n) is 17.2. The van der Waals surface area contributed by atoms with E-state index in [2.05, 4.69) is 20.5 Å². The number of nitrogens with zero attached hydrogens (tertiary/aromatic N) is 2. The Kier molecular flexibility index (Phi) is 12.6. The molecule has 2 N–H and O–H groups in total. The molecule has 0 spiro atoms. The highest BCUT2D eigenvalue weighted by atomic mass is 127. The van der Waals surface area contributed by atoms with E-state index in [-0.39, 0.29) is 42.3 Å². The van der Waals surface area contributed by atoms with Crippen LogP contribution in [0.1, 0.15) is 37.8 Å². The average Bonchev–Trinajstić information content (AvgIpc) is 2.69. The van der Waals surface area contributed by atoms with Gasteiger partial charge in [0.1, 0.15) is 5.82 Å². The number of hydrogen-bond acceptors (Lipinski definition) is 3. The van der Waals surface area contributed by atoms with E-state index in [0.29, 0.717) is 45.2 Å². The van der Waals surface area contributed by atoms with E-state index < -0.39 is 12.6 Å². The van der Waals surface area contributed by atoms with Crippen molar-refractivity contribution < 1.29 is 22.3 Å². The third-order valence-corrected chi connectivity index (χ3v) is 4.69. The average molecular weight is 546 g/mol. The van der Waals surface area contributed by atoms with E-state index in [1.807, 2.05) is 6.92 Å². The molecular formula is C20H31F4IN4O. The molecule has 1 fully saturated rings. The lowest BCUT2D eigenvalue weighted by molar-refractivity contribution is -0.135. The molecule has 0 radical (unpaired) electrons. The lowest BCUT2D eigenvalue weighted by Gasteiger charge is -2.34. The first-order chi connectivity index (χ1) is 13.9. The minimum absolute atomic E-state index is 0. The molecule has 1 aliphatic heterocycles. The van der Waals surface area contributed by atoms with E-state index in [0.717, 1.165) is 18.7 Å². The molecule has 0 bridgehead atoms. The van der Waals surface area contributed by atoms with Gasteiger partial charge in [-0.3, -0.25) is 9.89 Å². The Balaban J connectivity index is 0.00000450. The topological polar surface area (TPSA) is 48.9 Å². The molecule has 10 heteroatoms. The number of alkyl halides is 3. The predicted molar refractivity (Wildman–Crippen MR) is 121 cm³/mol. The second-order valence-corrected chi connectivity index (χ2v) is 6.93. The quantitative estimate of drug-likeness (QED) is 0.161. The molecule has 0 aliphatic carbocycles. The Morgan fingerprint density at radius 3 is 2.40 bits per heavy atom. The van der Waals surface area contributed by atoms with Gasteiger partial charge in [-0.05, 0) is 37.5 Å². The number of aliphatic imine (C=N–C) groups is 1. The molecule has 1 aromatic carbocycles. The van der Waals surface area contributed by atoms with Crippen molar-refractivity contribution in [1.29, 1.82) is 0 Å². The van der Waals surface area contributed by atoms with Crippen LogP contribution in [0.4, 0.5) is 17.6 Å². The monoisotopic (exact) mass is 546 g/mol. The molecule has 0 amide bonds. The molecule has 1 aliphatic rings. The third kappa shape index (κ3) is 10.3. The highest BCUT2D eigenvalue weighted by molar-refractivity contribution is 14.0. The van der Waals surface area contributed by atoms with Gasteiger partial charge in [0.25, 0.3) is 0 Å². The minimum atomic E-state index is -4.11. The van der Waals surface area contributed by atoms with Gasteiger partial charge in [0, 0.05) is 32.6 Å². The maximum Gasteiger partial charge on any atom is 0.389 e. The van der Waals surface area contributed by atoms with Gasteiger partial charge in [-0.1, -0.05) is 12.1 Å². The van der Waals surface area contributed by atoms with Crippen molar-refractivity contribution in [2.75, 3.05) is 45.9 Å². The zero-order valence-corrected chi connectivity index (χ0v) is 19.5. The fraction of sp³-hybridized carbons (Fsp3) is 0.650. The maximum absolute atomic E-state index is 13.3. The summed E-state index contributed by atoms with van der Waals surface area (Å²) in [6.07, 6.45) is -4.39. The molecule has 1 unspecified atom stereocenters. The summed E-state index contributed by atoms with van der Waals surface area (Å²) in [4.78, 5) is 6.89. The summed E-state index contributed by atoms with van der Waals surface area (Å²) in [5.74, 6) is 0.284. The molecule has 172 valence electrons. The van der Waals surface area contributed by atoms with Crippen LogP contribution >= 0.6 is 24.0 Å². The summed E-state index contributed by atoms with van der Waals surface area (Å²) in [5, 5.41) is 6.22. The van der Waals surface area contributed by atoms with Gasteiger partial charge in [0.05, 0.1) is 25.8 Å². The van der Waals surface area contributed by atoms with Crippen LogP contribution in [0.3, 0.4) is 0 Å². The fourth-order valence-corrected chi connectivity index (χ4v) is 3.18. The zero-order chi connectivity index (χ0) is 21.1. The van der Waals surface area contributed by atoms with Crippen molar-refractivity contribution >= 4 is 29.9 Å². The van der Waals surface area contributed by atoms with Crippen molar-refractivity contribution in [2.24, 2.45) is 4.99 Å². The molecular weight excluding hydrogens is 515 g/mol. The number of hydrogen-bond donors (Lipinski definition) is 2. The van der Waals surface area contributed by atoms with E-state index >= 15 is 0 Å². The molecule has 1 heterocycles. The van der Waals surface area contributed by atoms with Crippen LogP contribution < -0.4 is 10.6 Å². The van der Waals surface area contributed by atoms with Crippen LogP contribution in [0.25, 0.3) is 0 Å². The first-order valence-electron chi connectivity index (χ1n) is 10.0. The predicted octanol–water partition coefficient (Wildman–Crippen LogP) is 4.10. The number of nitrogens with one attached hydrogen (secondary N) is 2. The second kappa shape index (κ2) is 14.0. The van der Waals surface area contributed by atoms with Gasteiger partial charge in [-0.25, -0.2) is 4.39 Å². The van der Waals surface area contributed by atoms with Gasteiger partial charge in [0.15, 0.2) is 5.96 Å². The van der Waals surface area contributed by atoms with E-state index in [4.69, 9.17) is 4.74 Å². The molecule has 30 heavy (non-hydrogen) atoms. The summed E-state index contributed by atoms with van der Waals surface area (Å²) in [7, 11) is 0. The fourth-order valence-electron chi connectivity index (χ4n) is 3.18. The Morgan fingerprint density at radius 2 is 1.80 bits per heavy atom. The SMILES string of the molecule is CCNC(=NCC(c1ccc(F)cc1)N1CCOCC1)NCCCCC(F)(F)F.I.